The summed E-state index contributed by atoms with van der Waals surface area (Å²) in [5.41, 5.74) is -0.531. The van der Waals surface area contributed by atoms with Crippen LogP contribution in [0.1, 0.15) is 17.3 Å². The van der Waals surface area contributed by atoms with E-state index in [2.05, 4.69) is 4.98 Å². The Bertz CT molecular complexity index is 1220. The van der Waals surface area contributed by atoms with Gasteiger partial charge in [-0.3, -0.25) is 9.10 Å². The van der Waals surface area contributed by atoms with E-state index < -0.39 is 27.0 Å². The molecule has 0 amide bonds. The number of aromatic amines is 1. The second-order valence-corrected chi connectivity index (χ2v) is 7.89. The maximum Gasteiger partial charge on any atom is 0.341 e. The highest BCUT2D eigenvalue weighted by Crippen LogP contribution is 2.31. The van der Waals surface area contributed by atoms with E-state index in [0.717, 1.165) is 10.5 Å². The first kappa shape index (κ1) is 19.4. The minimum Gasteiger partial charge on any atom is -0.492 e. The number of carboxylic acids is 1. The van der Waals surface area contributed by atoms with Gasteiger partial charge in [-0.1, -0.05) is 12.1 Å². The molecule has 3 rings (SSSR count). The Labute approximate surface area is 161 Å². The number of aromatic nitrogens is 1. The van der Waals surface area contributed by atoms with Crippen LogP contribution >= 0.6 is 0 Å². The fraction of sp³-hybridized carbons (Fsp3) is 0.158. The van der Waals surface area contributed by atoms with Gasteiger partial charge in [0.05, 0.1) is 17.2 Å². The third kappa shape index (κ3) is 3.31. The Kier molecular flexibility index (Phi) is 5.10. The van der Waals surface area contributed by atoms with Crippen molar-refractivity contribution >= 4 is 32.6 Å². The Morgan fingerprint density at radius 3 is 2.61 bits per heavy atom. The third-order valence-corrected chi connectivity index (χ3v) is 6.01. The summed E-state index contributed by atoms with van der Waals surface area (Å²) < 4.78 is 32.8. The zero-order valence-electron chi connectivity index (χ0n) is 15.2. The van der Waals surface area contributed by atoms with Crippen LogP contribution in [-0.4, -0.2) is 38.1 Å². The predicted molar refractivity (Wildman–Crippen MR) is 105 cm³/mol. The van der Waals surface area contributed by atoms with E-state index >= 15 is 0 Å². The van der Waals surface area contributed by atoms with E-state index in [4.69, 9.17) is 9.84 Å². The smallest absolute Gasteiger partial charge is 0.341 e. The molecule has 0 saturated carbocycles. The van der Waals surface area contributed by atoms with Crippen molar-refractivity contribution in [2.75, 3.05) is 18.0 Å². The molecule has 1 aromatic heterocycles. The zero-order chi connectivity index (χ0) is 20.5. The quantitative estimate of drug-likeness (QED) is 0.654. The number of carbonyl (C=O) groups is 1. The number of nitrogens with zero attached hydrogens (tertiary/aromatic N) is 1. The molecule has 1 heterocycles. The minimum atomic E-state index is -4.02. The van der Waals surface area contributed by atoms with Gasteiger partial charge in [-0.05, 0) is 37.3 Å². The molecule has 2 N–H and O–H groups in total. The van der Waals surface area contributed by atoms with Crippen LogP contribution < -0.4 is 14.5 Å². The van der Waals surface area contributed by atoms with E-state index in [0.29, 0.717) is 23.6 Å². The van der Waals surface area contributed by atoms with Gasteiger partial charge in [-0.25, -0.2) is 13.2 Å². The minimum absolute atomic E-state index is 0.0209. The van der Waals surface area contributed by atoms with Crippen LogP contribution in [-0.2, 0) is 10.0 Å². The Morgan fingerprint density at radius 1 is 1.21 bits per heavy atom. The maximum atomic E-state index is 13.1. The number of H-pyrrole nitrogens is 1. The molecular formula is C19H18N2O6S. The van der Waals surface area contributed by atoms with Crippen LogP contribution in [0.5, 0.6) is 5.75 Å². The monoisotopic (exact) mass is 402 g/mol. The normalized spacial score (nSPS) is 11.4. The van der Waals surface area contributed by atoms with Gasteiger partial charge in [0.2, 0.25) is 5.43 Å². The highest BCUT2D eigenvalue weighted by Gasteiger charge is 2.25. The number of para-hydroxylation sites is 2. The first-order valence-corrected chi connectivity index (χ1v) is 9.81. The lowest BCUT2D eigenvalue weighted by molar-refractivity contribution is 0.0695. The van der Waals surface area contributed by atoms with Crippen molar-refractivity contribution in [2.24, 2.45) is 0 Å². The second kappa shape index (κ2) is 7.35. The van der Waals surface area contributed by atoms with Gasteiger partial charge in [0, 0.05) is 24.1 Å². The SMILES string of the molecule is CCOc1ccccc1N(C)S(=O)(=O)c1ccc2[nH]cc(C(=O)O)c(=O)c2c1. The Balaban J connectivity index is 2.14. The molecule has 0 unspecified atom stereocenters. The molecule has 3 aromatic rings. The van der Waals surface area contributed by atoms with Gasteiger partial charge in [0.25, 0.3) is 10.0 Å². The molecule has 146 valence electrons. The van der Waals surface area contributed by atoms with Crippen LogP contribution in [0.3, 0.4) is 0 Å². The molecule has 9 heteroatoms. The summed E-state index contributed by atoms with van der Waals surface area (Å²) in [6.45, 7) is 2.16. The molecule has 0 saturated heterocycles. The first-order valence-electron chi connectivity index (χ1n) is 8.37. The van der Waals surface area contributed by atoms with E-state index in [1.54, 1.807) is 31.2 Å². The lowest BCUT2D eigenvalue weighted by Crippen LogP contribution is -2.27. The van der Waals surface area contributed by atoms with Crippen LogP contribution in [0, 0.1) is 0 Å². The highest BCUT2D eigenvalue weighted by molar-refractivity contribution is 7.92. The van der Waals surface area contributed by atoms with Crippen LogP contribution in [0.25, 0.3) is 10.9 Å². The first-order chi connectivity index (χ1) is 13.3. The number of fused-ring (bicyclic) bond motifs is 1. The average Bonchev–Trinajstić information content (AvgIpc) is 2.68. The molecule has 0 radical (unpaired) electrons. The van der Waals surface area contributed by atoms with Gasteiger partial charge < -0.3 is 14.8 Å². The zero-order valence-corrected chi connectivity index (χ0v) is 16.0. The standard InChI is InChI=1S/C19H18N2O6S/c1-3-27-17-7-5-4-6-16(17)21(2)28(25,26)12-8-9-15-13(10-12)18(22)14(11-20-15)19(23)24/h4-11H,3H2,1-2H3,(H,20,22)(H,23,24). The lowest BCUT2D eigenvalue weighted by atomic mass is 10.1. The number of anilines is 1. The molecule has 0 aliphatic heterocycles. The number of carboxylic acid groups (broad SMARTS) is 1. The topological polar surface area (TPSA) is 117 Å². The van der Waals surface area contributed by atoms with Gasteiger partial charge in [0.15, 0.2) is 0 Å². The van der Waals surface area contributed by atoms with Gasteiger partial charge in [-0.15, -0.1) is 0 Å². The predicted octanol–water partition coefficient (Wildman–Crippen LogP) is 2.45. The summed E-state index contributed by atoms with van der Waals surface area (Å²) in [4.78, 5) is 26.1. The largest absolute Gasteiger partial charge is 0.492 e. The van der Waals surface area contributed by atoms with Crippen molar-refractivity contribution in [3.63, 3.8) is 0 Å². The molecule has 0 aliphatic carbocycles. The summed E-state index contributed by atoms with van der Waals surface area (Å²) in [7, 11) is -2.64. The number of benzene rings is 2. The van der Waals surface area contributed by atoms with E-state index in [-0.39, 0.29) is 10.3 Å². The molecule has 8 nitrogen and oxygen atoms in total. The highest BCUT2D eigenvalue weighted by atomic mass is 32.2. The second-order valence-electron chi connectivity index (χ2n) is 5.92. The summed E-state index contributed by atoms with van der Waals surface area (Å²) in [6.07, 6.45) is 1.09. The van der Waals surface area contributed by atoms with E-state index in [9.17, 15) is 18.0 Å². The van der Waals surface area contributed by atoms with Crippen molar-refractivity contribution in [1.82, 2.24) is 4.98 Å². The number of ether oxygens (including phenoxy) is 1. The lowest BCUT2D eigenvalue weighted by Gasteiger charge is -2.22. The third-order valence-electron chi connectivity index (χ3n) is 4.25. The summed E-state index contributed by atoms with van der Waals surface area (Å²) in [6, 6.07) is 10.7. The van der Waals surface area contributed by atoms with Crippen LogP contribution in [0.2, 0.25) is 0 Å². The Morgan fingerprint density at radius 2 is 1.93 bits per heavy atom. The molecule has 0 fully saturated rings. The molecular weight excluding hydrogens is 384 g/mol. The van der Waals surface area contributed by atoms with E-state index in [1.807, 2.05) is 0 Å². The number of hydrogen-bond acceptors (Lipinski definition) is 5. The number of pyridine rings is 1. The molecule has 0 spiro atoms. The number of rotatable bonds is 6. The summed E-state index contributed by atoms with van der Waals surface area (Å²) >= 11 is 0. The number of aromatic carboxylic acids is 1. The van der Waals surface area contributed by atoms with Crippen molar-refractivity contribution in [1.29, 1.82) is 0 Å². The van der Waals surface area contributed by atoms with Gasteiger partial charge in [-0.2, -0.15) is 0 Å². The molecule has 0 bridgehead atoms. The number of nitrogens with one attached hydrogen (secondary N) is 1. The average molecular weight is 402 g/mol. The molecule has 28 heavy (non-hydrogen) atoms. The van der Waals surface area contributed by atoms with Gasteiger partial charge in [0.1, 0.15) is 11.3 Å². The summed E-state index contributed by atoms with van der Waals surface area (Å²) in [5.74, 6) is -0.984. The molecule has 0 atom stereocenters. The van der Waals surface area contributed by atoms with Crippen molar-refractivity contribution in [3.8, 4) is 5.75 Å². The fourth-order valence-electron chi connectivity index (χ4n) is 2.80. The van der Waals surface area contributed by atoms with Crippen molar-refractivity contribution in [3.05, 3.63) is 64.4 Å². The Hall–Kier alpha value is -3.33. The van der Waals surface area contributed by atoms with Gasteiger partial charge >= 0.3 is 5.97 Å². The fourth-order valence-corrected chi connectivity index (χ4v) is 4.03. The van der Waals surface area contributed by atoms with Crippen LogP contribution in [0.4, 0.5) is 5.69 Å². The molecule has 2 aromatic carbocycles. The van der Waals surface area contributed by atoms with Crippen molar-refractivity contribution in [2.45, 2.75) is 11.8 Å². The molecule has 0 aliphatic rings. The van der Waals surface area contributed by atoms with Crippen LogP contribution in [0.15, 0.2) is 58.4 Å². The number of hydrogen-bond donors (Lipinski definition) is 2. The maximum absolute atomic E-state index is 13.1. The number of sulfonamides is 1. The van der Waals surface area contributed by atoms with Crippen molar-refractivity contribution < 1.29 is 23.1 Å². The summed E-state index contributed by atoms with van der Waals surface area (Å²) in [5, 5.41) is 9.09. The van der Waals surface area contributed by atoms with E-state index in [1.165, 1.54) is 25.2 Å².